The maximum absolute atomic E-state index is 7.36. The van der Waals surface area contributed by atoms with E-state index in [2.05, 4.69) is 20.8 Å². The first-order valence-corrected chi connectivity index (χ1v) is 5.89. The molecule has 0 spiro atoms. The van der Waals surface area contributed by atoms with Crippen molar-refractivity contribution in [1.82, 2.24) is 0 Å². The van der Waals surface area contributed by atoms with Gasteiger partial charge in [-0.05, 0) is 23.5 Å². The molecule has 3 N–H and O–H groups in total. The zero-order chi connectivity index (χ0) is 12.9. The number of nitrogens with one attached hydrogen (secondary N) is 1. The van der Waals surface area contributed by atoms with Crippen LogP contribution in [-0.4, -0.2) is 12.4 Å². The molecule has 1 aromatic carbocycles. The van der Waals surface area contributed by atoms with E-state index in [-0.39, 0.29) is 5.84 Å². The van der Waals surface area contributed by atoms with Crippen molar-refractivity contribution in [3.63, 3.8) is 0 Å². The second kappa shape index (κ2) is 5.82. The van der Waals surface area contributed by atoms with Gasteiger partial charge in [0.15, 0.2) is 0 Å². The highest BCUT2D eigenvalue weighted by Crippen LogP contribution is 2.18. The highest BCUT2D eigenvalue weighted by atomic mass is 16.5. The van der Waals surface area contributed by atoms with Crippen LogP contribution in [0.25, 0.3) is 0 Å². The summed E-state index contributed by atoms with van der Waals surface area (Å²) >= 11 is 0. The fraction of sp³-hybridized carbons (Fsp3) is 0.500. The lowest BCUT2D eigenvalue weighted by molar-refractivity contribution is 0.0962. The van der Waals surface area contributed by atoms with Gasteiger partial charge in [-0.1, -0.05) is 39.0 Å². The predicted octanol–water partition coefficient (Wildman–Crippen LogP) is 2.92. The van der Waals surface area contributed by atoms with Crippen LogP contribution in [0.5, 0.6) is 0 Å². The van der Waals surface area contributed by atoms with E-state index in [0.29, 0.717) is 12.0 Å². The van der Waals surface area contributed by atoms with Crippen LogP contribution in [-0.2, 0) is 11.3 Å². The Morgan fingerprint density at radius 3 is 2.65 bits per heavy atom. The molecule has 0 unspecified atom stereocenters. The number of benzene rings is 1. The Morgan fingerprint density at radius 2 is 2.06 bits per heavy atom. The zero-order valence-electron chi connectivity index (χ0n) is 10.9. The standard InChI is InChI=1S/C14H22N2O/c1-14(2,3)7-8-17-10-11-5-4-6-12(9-11)13(15)16/h4-6,9H,7-8,10H2,1-3H3,(H3,15,16). The fourth-order valence-corrected chi connectivity index (χ4v) is 1.40. The van der Waals surface area contributed by atoms with Crippen molar-refractivity contribution in [1.29, 1.82) is 5.41 Å². The molecular formula is C14H22N2O. The monoisotopic (exact) mass is 234 g/mol. The van der Waals surface area contributed by atoms with E-state index < -0.39 is 0 Å². The van der Waals surface area contributed by atoms with Crippen LogP contribution in [0.1, 0.15) is 38.3 Å². The first kappa shape index (κ1) is 13.7. The van der Waals surface area contributed by atoms with Crippen molar-refractivity contribution in [2.75, 3.05) is 6.61 Å². The Hall–Kier alpha value is -1.35. The molecule has 0 aliphatic carbocycles. The number of nitrogen functional groups attached to an aromatic ring is 1. The van der Waals surface area contributed by atoms with Gasteiger partial charge in [0.1, 0.15) is 5.84 Å². The van der Waals surface area contributed by atoms with Gasteiger partial charge in [-0.3, -0.25) is 5.41 Å². The molecule has 3 nitrogen and oxygen atoms in total. The van der Waals surface area contributed by atoms with Gasteiger partial charge >= 0.3 is 0 Å². The molecule has 0 saturated heterocycles. The minimum atomic E-state index is 0.0986. The number of rotatable bonds is 5. The average molecular weight is 234 g/mol. The molecular weight excluding hydrogens is 212 g/mol. The van der Waals surface area contributed by atoms with Crippen molar-refractivity contribution >= 4 is 5.84 Å². The highest BCUT2D eigenvalue weighted by Gasteiger charge is 2.09. The Kier molecular flexibility index (Phi) is 4.70. The summed E-state index contributed by atoms with van der Waals surface area (Å²) in [6, 6.07) is 7.63. The Labute approximate surface area is 103 Å². The fourth-order valence-electron chi connectivity index (χ4n) is 1.40. The molecule has 0 aliphatic rings. The van der Waals surface area contributed by atoms with Crippen LogP contribution in [0.3, 0.4) is 0 Å². The summed E-state index contributed by atoms with van der Waals surface area (Å²) in [6.45, 7) is 7.94. The van der Waals surface area contributed by atoms with Gasteiger partial charge < -0.3 is 10.5 Å². The maximum atomic E-state index is 7.36. The van der Waals surface area contributed by atoms with E-state index in [4.69, 9.17) is 15.9 Å². The molecule has 0 atom stereocenters. The molecule has 3 heteroatoms. The van der Waals surface area contributed by atoms with Crippen molar-refractivity contribution in [2.45, 2.75) is 33.8 Å². The summed E-state index contributed by atoms with van der Waals surface area (Å²) in [5.74, 6) is 0.0986. The lowest BCUT2D eigenvalue weighted by atomic mass is 9.93. The Balaban J connectivity index is 2.42. The third kappa shape index (κ3) is 5.50. The van der Waals surface area contributed by atoms with E-state index in [1.54, 1.807) is 0 Å². The molecule has 0 saturated carbocycles. The molecule has 0 fully saturated rings. The van der Waals surface area contributed by atoms with Gasteiger partial charge in [-0.15, -0.1) is 0 Å². The quantitative estimate of drug-likeness (QED) is 0.467. The van der Waals surface area contributed by atoms with Gasteiger partial charge in [0.25, 0.3) is 0 Å². The molecule has 0 aromatic heterocycles. The van der Waals surface area contributed by atoms with Crippen molar-refractivity contribution in [2.24, 2.45) is 11.1 Å². The number of ether oxygens (including phenoxy) is 1. The van der Waals surface area contributed by atoms with E-state index in [1.165, 1.54) is 0 Å². The molecule has 0 radical (unpaired) electrons. The SMILES string of the molecule is CC(C)(C)CCOCc1cccc(C(=N)N)c1. The van der Waals surface area contributed by atoms with E-state index >= 15 is 0 Å². The minimum Gasteiger partial charge on any atom is -0.384 e. The second-order valence-corrected chi connectivity index (χ2v) is 5.48. The van der Waals surface area contributed by atoms with Crippen LogP contribution < -0.4 is 5.73 Å². The lowest BCUT2D eigenvalue weighted by Gasteiger charge is -2.17. The summed E-state index contributed by atoms with van der Waals surface area (Å²) in [7, 11) is 0. The molecule has 1 rings (SSSR count). The largest absolute Gasteiger partial charge is 0.384 e. The van der Waals surface area contributed by atoms with Gasteiger partial charge in [0, 0.05) is 12.2 Å². The number of nitrogens with two attached hydrogens (primary N) is 1. The van der Waals surface area contributed by atoms with Gasteiger partial charge in [0.2, 0.25) is 0 Å². The summed E-state index contributed by atoms with van der Waals surface area (Å²) in [5, 5.41) is 7.36. The predicted molar refractivity (Wildman–Crippen MR) is 71.2 cm³/mol. The van der Waals surface area contributed by atoms with Crippen LogP contribution in [0.4, 0.5) is 0 Å². The van der Waals surface area contributed by atoms with Crippen molar-refractivity contribution < 1.29 is 4.74 Å². The number of hydrogen-bond acceptors (Lipinski definition) is 2. The van der Waals surface area contributed by atoms with Crippen LogP contribution in [0.2, 0.25) is 0 Å². The van der Waals surface area contributed by atoms with E-state index in [1.807, 2.05) is 24.3 Å². The third-order valence-electron chi connectivity index (χ3n) is 2.50. The number of hydrogen-bond donors (Lipinski definition) is 2. The first-order chi connectivity index (χ1) is 7.88. The normalized spacial score (nSPS) is 11.5. The van der Waals surface area contributed by atoms with E-state index in [0.717, 1.165) is 24.2 Å². The summed E-state index contributed by atoms with van der Waals surface area (Å²) < 4.78 is 5.62. The summed E-state index contributed by atoms with van der Waals surface area (Å²) in [6.07, 6.45) is 1.04. The summed E-state index contributed by atoms with van der Waals surface area (Å²) in [4.78, 5) is 0. The Morgan fingerprint density at radius 1 is 1.35 bits per heavy atom. The van der Waals surface area contributed by atoms with Gasteiger partial charge in [-0.2, -0.15) is 0 Å². The average Bonchev–Trinajstić information content (AvgIpc) is 2.23. The van der Waals surface area contributed by atoms with Crippen LogP contribution in [0.15, 0.2) is 24.3 Å². The zero-order valence-corrected chi connectivity index (χ0v) is 10.9. The molecule has 17 heavy (non-hydrogen) atoms. The van der Waals surface area contributed by atoms with Crippen molar-refractivity contribution in [3.05, 3.63) is 35.4 Å². The third-order valence-corrected chi connectivity index (χ3v) is 2.50. The lowest BCUT2D eigenvalue weighted by Crippen LogP contribution is -2.12. The molecule has 94 valence electrons. The molecule has 0 aliphatic heterocycles. The van der Waals surface area contributed by atoms with Gasteiger partial charge in [0.05, 0.1) is 6.61 Å². The van der Waals surface area contributed by atoms with Crippen LogP contribution >= 0.6 is 0 Å². The Bertz CT molecular complexity index is 380. The topological polar surface area (TPSA) is 59.1 Å². The first-order valence-electron chi connectivity index (χ1n) is 5.89. The van der Waals surface area contributed by atoms with Crippen LogP contribution in [0, 0.1) is 10.8 Å². The number of amidine groups is 1. The smallest absolute Gasteiger partial charge is 0.122 e. The molecule has 0 heterocycles. The van der Waals surface area contributed by atoms with Crippen molar-refractivity contribution in [3.8, 4) is 0 Å². The van der Waals surface area contributed by atoms with E-state index in [9.17, 15) is 0 Å². The summed E-state index contributed by atoms with van der Waals surface area (Å²) in [5.41, 5.74) is 7.56. The molecule has 0 bridgehead atoms. The highest BCUT2D eigenvalue weighted by molar-refractivity contribution is 5.95. The minimum absolute atomic E-state index is 0.0986. The maximum Gasteiger partial charge on any atom is 0.122 e. The second-order valence-electron chi connectivity index (χ2n) is 5.48. The van der Waals surface area contributed by atoms with Gasteiger partial charge in [-0.25, -0.2) is 0 Å². The molecule has 1 aromatic rings. The molecule has 0 amide bonds.